The van der Waals surface area contributed by atoms with Crippen LogP contribution in [0.5, 0.6) is 0 Å². The van der Waals surface area contributed by atoms with Crippen LogP contribution in [0.3, 0.4) is 0 Å². The molecule has 1 aliphatic heterocycles. The van der Waals surface area contributed by atoms with Crippen molar-refractivity contribution in [1.82, 2.24) is 5.32 Å². The average molecular weight is 299 g/mol. The van der Waals surface area contributed by atoms with E-state index in [1.165, 1.54) is 5.56 Å². The quantitative estimate of drug-likeness (QED) is 0.831. The molecule has 2 N–H and O–H groups in total. The Balaban J connectivity index is 2.29. The number of benzene rings is 1. The minimum atomic E-state index is -0.312. The number of rotatable bonds is 1. The summed E-state index contributed by atoms with van der Waals surface area (Å²) in [6, 6.07) is 6.73. The fourth-order valence-corrected chi connectivity index (χ4v) is 2.94. The third-order valence-electron chi connectivity index (χ3n) is 3.17. The zero-order valence-electron chi connectivity index (χ0n) is 10.3. The summed E-state index contributed by atoms with van der Waals surface area (Å²) in [5.74, 6) is 0. The first-order valence-electron chi connectivity index (χ1n) is 5.99. The predicted octanol–water partition coefficient (Wildman–Crippen LogP) is 1.92. The molecular weight excluding hydrogens is 280 g/mol. The molecule has 0 aliphatic carbocycles. The normalized spacial score (nSPS) is 25.8. The van der Waals surface area contributed by atoms with Gasteiger partial charge in [0.2, 0.25) is 0 Å². The fraction of sp³-hybridized carbons (Fsp3) is 0.538. The third-order valence-corrected chi connectivity index (χ3v) is 3.81. The molecule has 0 radical (unpaired) electrons. The highest BCUT2D eigenvalue weighted by Gasteiger charge is 2.23. The second kappa shape index (κ2) is 5.38. The Hall–Kier alpha value is -0.580. The van der Waals surface area contributed by atoms with Crippen LogP contribution in [0.25, 0.3) is 0 Å². The van der Waals surface area contributed by atoms with Crippen molar-refractivity contribution >= 4 is 21.6 Å². The summed E-state index contributed by atoms with van der Waals surface area (Å²) in [7, 11) is 0. The van der Waals surface area contributed by atoms with E-state index in [2.05, 4.69) is 58.2 Å². The minimum absolute atomic E-state index is 0.312. The zero-order valence-corrected chi connectivity index (χ0v) is 11.9. The average Bonchev–Trinajstić information content (AvgIpc) is 2.41. The predicted molar refractivity (Wildman–Crippen MR) is 74.6 cm³/mol. The van der Waals surface area contributed by atoms with E-state index in [4.69, 9.17) is 0 Å². The fourth-order valence-electron chi connectivity index (χ4n) is 2.22. The lowest BCUT2D eigenvalue weighted by Gasteiger charge is -2.31. The Kier molecular flexibility index (Phi) is 4.07. The van der Waals surface area contributed by atoms with E-state index in [0.29, 0.717) is 19.1 Å². The van der Waals surface area contributed by atoms with Gasteiger partial charge in [-0.15, -0.1) is 0 Å². The molecule has 3 nitrogen and oxygen atoms in total. The summed E-state index contributed by atoms with van der Waals surface area (Å²) in [4.78, 5) is 2.26. The lowest BCUT2D eigenvalue weighted by atomic mass is 10.1. The molecule has 1 heterocycles. The van der Waals surface area contributed by atoms with Crippen LogP contribution in [-0.4, -0.2) is 36.9 Å². The van der Waals surface area contributed by atoms with Crippen LogP contribution < -0.4 is 10.2 Å². The molecule has 17 heavy (non-hydrogen) atoms. The molecule has 94 valence electrons. The van der Waals surface area contributed by atoms with Crippen molar-refractivity contribution in [2.75, 3.05) is 24.5 Å². The van der Waals surface area contributed by atoms with Gasteiger partial charge in [0, 0.05) is 30.1 Å². The molecule has 0 amide bonds. The first-order valence-corrected chi connectivity index (χ1v) is 6.79. The van der Waals surface area contributed by atoms with Gasteiger partial charge in [0.15, 0.2) is 0 Å². The van der Waals surface area contributed by atoms with Crippen molar-refractivity contribution in [3.8, 4) is 0 Å². The van der Waals surface area contributed by atoms with Gasteiger partial charge < -0.3 is 15.3 Å². The molecular formula is C13H19BrN2O. The van der Waals surface area contributed by atoms with E-state index in [-0.39, 0.29) is 6.10 Å². The SMILES string of the molecule is Cc1ccc(N2CC(O)CNCC2C)c(Br)c1. The highest BCUT2D eigenvalue weighted by molar-refractivity contribution is 9.10. The van der Waals surface area contributed by atoms with Crippen LogP contribution in [-0.2, 0) is 0 Å². The minimum Gasteiger partial charge on any atom is -0.390 e. The van der Waals surface area contributed by atoms with Crippen molar-refractivity contribution in [2.45, 2.75) is 26.0 Å². The number of nitrogens with zero attached hydrogens (tertiary/aromatic N) is 1. The van der Waals surface area contributed by atoms with E-state index in [0.717, 1.165) is 16.7 Å². The maximum Gasteiger partial charge on any atom is 0.0839 e. The van der Waals surface area contributed by atoms with Gasteiger partial charge >= 0.3 is 0 Å². The van der Waals surface area contributed by atoms with Crippen molar-refractivity contribution in [3.05, 3.63) is 28.2 Å². The molecule has 2 rings (SSSR count). The second-order valence-electron chi connectivity index (χ2n) is 4.77. The zero-order chi connectivity index (χ0) is 12.4. The highest BCUT2D eigenvalue weighted by atomic mass is 79.9. The van der Waals surface area contributed by atoms with Gasteiger partial charge in [0.25, 0.3) is 0 Å². The Morgan fingerprint density at radius 2 is 2.18 bits per heavy atom. The van der Waals surface area contributed by atoms with Crippen molar-refractivity contribution in [2.24, 2.45) is 0 Å². The van der Waals surface area contributed by atoms with Gasteiger partial charge in [-0.05, 0) is 47.5 Å². The number of aryl methyl sites for hydroxylation is 1. The molecule has 1 saturated heterocycles. The van der Waals surface area contributed by atoms with Gasteiger partial charge in [-0.1, -0.05) is 6.07 Å². The number of hydrogen-bond donors (Lipinski definition) is 2. The third kappa shape index (κ3) is 3.00. The van der Waals surface area contributed by atoms with E-state index >= 15 is 0 Å². The summed E-state index contributed by atoms with van der Waals surface area (Å²) in [5.41, 5.74) is 2.40. The Bertz CT molecular complexity index is 397. The number of β-amino-alcohol motifs (C(OH)–C–C–N with tert-alkyl or cyclic N) is 1. The van der Waals surface area contributed by atoms with E-state index in [1.807, 2.05) is 0 Å². The monoisotopic (exact) mass is 298 g/mol. The van der Waals surface area contributed by atoms with E-state index in [9.17, 15) is 5.11 Å². The molecule has 2 atom stereocenters. The Labute approximate surface area is 111 Å². The topological polar surface area (TPSA) is 35.5 Å². The maximum absolute atomic E-state index is 9.86. The van der Waals surface area contributed by atoms with Crippen molar-refractivity contribution in [3.63, 3.8) is 0 Å². The Morgan fingerprint density at radius 3 is 2.88 bits per heavy atom. The summed E-state index contributed by atoms with van der Waals surface area (Å²) < 4.78 is 1.10. The van der Waals surface area contributed by atoms with Crippen molar-refractivity contribution < 1.29 is 5.11 Å². The number of halogens is 1. The lowest BCUT2D eigenvalue weighted by molar-refractivity contribution is 0.184. The smallest absolute Gasteiger partial charge is 0.0839 e. The standard InChI is InChI=1S/C13H19BrN2O/c1-9-3-4-13(12(14)5-9)16-8-11(17)7-15-6-10(16)2/h3-5,10-11,15,17H,6-8H2,1-2H3. The summed E-state index contributed by atoms with van der Waals surface area (Å²) in [5, 5.41) is 13.1. The van der Waals surface area contributed by atoms with Gasteiger partial charge in [-0.25, -0.2) is 0 Å². The van der Waals surface area contributed by atoms with Crippen LogP contribution in [0.2, 0.25) is 0 Å². The van der Waals surface area contributed by atoms with Gasteiger partial charge in [0.05, 0.1) is 11.8 Å². The summed E-state index contributed by atoms with van der Waals surface area (Å²) in [6.45, 7) is 6.51. The maximum atomic E-state index is 9.86. The van der Waals surface area contributed by atoms with E-state index < -0.39 is 0 Å². The number of aliphatic hydroxyl groups is 1. The Morgan fingerprint density at radius 1 is 1.41 bits per heavy atom. The van der Waals surface area contributed by atoms with Crippen LogP contribution >= 0.6 is 15.9 Å². The molecule has 0 spiro atoms. The van der Waals surface area contributed by atoms with Crippen molar-refractivity contribution in [1.29, 1.82) is 0 Å². The van der Waals surface area contributed by atoms with Crippen LogP contribution in [0.15, 0.2) is 22.7 Å². The first kappa shape index (κ1) is 12.9. The first-order chi connectivity index (χ1) is 8.08. The second-order valence-corrected chi connectivity index (χ2v) is 5.62. The highest BCUT2D eigenvalue weighted by Crippen LogP contribution is 2.29. The lowest BCUT2D eigenvalue weighted by Crippen LogP contribution is -2.39. The molecule has 1 aromatic carbocycles. The largest absolute Gasteiger partial charge is 0.390 e. The van der Waals surface area contributed by atoms with Gasteiger partial charge in [-0.3, -0.25) is 0 Å². The van der Waals surface area contributed by atoms with Gasteiger partial charge in [-0.2, -0.15) is 0 Å². The molecule has 0 bridgehead atoms. The summed E-state index contributed by atoms with van der Waals surface area (Å²) in [6.07, 6.45) is -0.312. The number of hydrogen-bond acceptors (Lipinski definition) is 3. The number of anilines is 1. The summed E-state index contributed by atoms with van der Waals surface area (Å²) >= 11 is 3.61. The molecule has 1 aliphatic rings. The molecule has 1 aromatic rings. The molecule has 1 fully saturated rings. The van der Waals surface area contributed by atoms with Gasteiger partial charge in [0.1, 0.15) is 0 Å². The van der Waals surface area contributed by atoms with Crippen LogP contribution in [0.4, 0.5) is 5.69 Å². The molecule has 0 saturated carbocycles. The number of aliphatic hydroxyl groups excluding tert-OH is 1. The van der Waals surface area contributed by atoms with Crippen LogP contribution in [0.1, 0.15) is 12.5 Å². The van der Waals surface area contributed by atoms with Crippen LogP contribution in [0, 0.1) is 6.92 Å². The molecule has 0 aromatic heterocycles. The molecule has 2 unspecified atom stereocenters. The number of nitrogens with one attached hydrogen (secondary N) is 1. The van der Waals surface area contributed by atoms with E-state index in [1.54, 1.807) is 0 Å². The molecule has 4 heteroatoms.